The van der Waals surface area contributed by atoms with E-state index in [1.165, 1.54) is 10.8 Å². The summed E-state index contributed by atoms with van der Waals surface area (Å²) in [5.74, 6) is 1.94. The van der Waals surface area contributed by atoms with Gasteiger partial charge in [-0.1, -0.05) is 78.9 Å². The van der Waals surface area contributed by atoms with Crippen molar-refractivity contribution in [2.45, 2.75) is 0 Å². The van der Waals surface area contributed by atoms with Crippen LogP contribution < -0.4 is 0 Å². The van der Waals surface area contributed by atoms with E-state index in [1.807, 2.05) is 72.8 Å². The average Bonchev–Trinajstić information content (AvgIpc) is 3.65. The molecule has 3 heterocycles. The molecule has 5 nitrogen and oxygen atoms in total. The molecule has 0 aliphatic rings. The van der Waals surface area contributed by atoms with Gasteiger partial charge in [0.15, 0.2) is 17.5 Å². The van der Waals surface area contributed by atoms with Gasteiger partial charge < -0.3 is 8.98 Å². The highest BCUT2D eigenvalue weighted by Crippen LogP contribution is 2.37. The van der Waals surface area contributed by atoms with Gasteiger partial charge in [-0.15, -0.1) is 0 Å². The first kappa shape index (κ1) is 22.4. The first-order valence-electron chi connectivity index (χ1n) is 13.2. The van der Waals surface area contributed by atoms with Gasteiger partial charge >= 0.3 is 0 Å². The molecular weight excluding hydrogens is 492 g/mol. The molecule has 0 unspecified atom stereocenters. The minimum atomic E-state index is 0.638. The van der Waals surface area contributed by atoms with Crippen molar-refractivity contribution < 1.29 is 4.42 Å². The summed E-state index contributed by atoms with van der Waals surface area (Å²) < 4.78 is 8.06. The van der Waals surface area contributed by atoms with Crippen molar-refractivity contribution in [3.8, 4) is 39.9 Å². The molecule has 40 heavy (non-hydrogen) atoms. The molecule has 0 spiro atoms. The van der Waals surface area contributed by atoms with Crippen LogP contribution in [0.3, 0.4) is 0 Å². The van der Waals surface area contributed by atoms with Crippen LogP contribution in [0.1, 0.15) is 0 Å². The maximum absolute atomic E-state index is 5.75. The van der Waals surface area contributed by atoms with E-state index in [1.54, 1.807) is 6.26 Å². The summed E-state index contributed by atoms with van der Waals surface area (Å²) in [5, 5.41) is 3.50. The van der Waals surface area contributed by atoms with Crippen LogP contribution in [-0.2, 0) is 0 Å². The number of rotatable bonds is 4. The quantitative estimate of drug-likeness (QED) is 0.236. The molecule has 0 aliphatic carbocycles. The summed E-state index contributed by atoms with van der Waals surface area (Å²) >= 11 is 0. The Bertz CT molecular complexity index is 2090. The molecule has 0 amide bonds. The largest absolute Gasteiger partial charge is 0.464 e. The summed E-state index contributed by atoms with van der Waals surface area (Å²) in [6, 6.07) is 43.3. The summed E-state index contributed by atoms with van der Waals surface area (Å²) in [6.07, 6.45) is 1.75. The van der Waals surface area contributed by atoms with Crippen molar-refractivity contribution in [2.75, 3.05) is 0 Å². The molecule has 8 aromatic rings. The maximum Gasteiger partial charge on any atom is 0.164 e. The minimum absolute atomic E-state index is 0.638. The number of aromatic nitrogens is 4. The van der Waals surface area contributed by atoms with Crippen molar-refractivity contribution in [3.05, 3.63) is 134 Å². The zero-order valence-corrected chi connectivity index (χ0v) is 21.4. The summed E-state index contributed by atoms with van der Waals surface area (Å²) in [6.45, 7) is 0. The van der Waals surface area contributed by atoms with E-state index in [4.69, 9.17) is 19.4 Å². The van der Waals surface area contributed by atoms with Gasteiger partial charge in [-0.25, -0.2) is 15.0 Å². The zero-order valence-electron chi connectivity index (χ0n) is 21.4. The predicted octanol–water partition coefficient (Wildman–Crippen LogP) is 8.72. The number of fused-ring (bicyclic) bond motifs is 5. The Balaban J connectivity index is 1.30. The molecule has 0 fully saturated rings. The highest BCUT2D eigenvalue weighted by Gasteiger charge is 2.17. The SMILES string of the molecule is c1ccc(-c2nc(-c3ccccc3)nc(-c3ccc(-n4c5ccccc5c5ccc6occc6c54)cc3)n2)cc1. The van der Waals surface area contributed by atoms with E-state index in [0.717, 1.165) is 44.4 Å². The van der Waals surface area contributed by atoms with Gasteiger partial charge in [0.2, 0.25) is 0 Å². The van der Waals surface area contributed by atoms with E-state index in [0.29, 0.717) is 17.5 Å². The topological polar surface area (TPSA) is 56.7 Å². The lowest BCUT2D eigenvalue weighted by molar-refractivity contribution is 0.616. The third-order valence-corrected chi connectivity index (χ3v) is 7.35. The second-order valence-electron chi connectivity index (χ2n) is 9.73. The lowest BCUT2D eigenvalue weighted by Gasteiger charge is -2.11. The molecule has 0 aliphatic heterocycles. The standard InChI is InChI=1S/C35H22N4O/c1-3-9-23(10-4-1)33-36-34(24-11-5-2-6-12-24)38-35(37-33)25-15-17-26(18-16-25)39-30-14-8-7-13-27(30)28-19-20-31-29(32(28)39)21-22-40-31/h1-22H. The minimum Gasteiger partial charge on any atom is -0.464 e. The fourth-order valence-electron chi connectivity index (χ4n) is 5.47. The van der Waals surface area contributed by atoms with E-state index in [2.05, 4.69) is 59.2 Å². The molecule has 0 atom stereocenters. The Morgan fingerprint density at radius 2 is 1.02 bits per heavy atom. The fourth-order valence-corrected chi connectivity index (χ4v) is 5.47. The number of hydrogen-bond donors (Lipinski definition) is 0. The van der Waals surface area contributed by atoms with E-state index >= 15 is 0 Å². The number of para-hydroxylation sites is 1. The molecule has 3 aromatic heterocycles. The van der Waals surface area contributed by atoms with E-state index < -0.39 is 0 Å². The molecule has 0 bridgehead atoms. The Morgan fingerprint density at radius 3 is 1.68 bits per heavy atom. The first-order valence-corrected chi connectivity index (χ1v) is 13.2. The first-order chi connectivity index (χ1) is 19.8. The van der Waals surface area contributed by atoms with Crippen LogP contribution in [-0.4, -0.2) is 19.5 Å². The molecular formula is C35H22N4O. The van der Waals surface area contributed by atoms with Gasteiger partial charge in [0, 0.05) is 38.5 Å². The predicted molar refractivity (Wildman–Crippen MR) is 160 cm³/mol. The lowest BCUT2D eigenvalue weighted by atomic mass is 10.1. The Labute approximate surface area is 230 Å². The number of furan rings is 1. The number of benzene rings is 5. The molecule has 5 aromatic carbocycles. The monoisotopic (exact) mass is 514 g/mol. The van der Waals surface area contributed by atoms with Crippen LogP contribution in [0, 0.1) is 0 Å². The van der Waals surface area contributed by atoms with Crippen LogP contribution in [0.15, 0.2) is 138 Å². The normalized spacial score (nSPS) is 11.5. The summed E-state index contributed by atoms with van der Waals surface area (Å²) in [7, 11) is 0. The third kappa shape index (κ3) is 3.60. The Hall–Kier alpha value is -5.55. The van der Waals surface area contributed by atoms with Crippen LogP contribution in [0.5, 0.6) is 0 Å². The molecule has 188 valence electrons. The Kier molecular flexibility index (Phi) is 5.07. The molecule has 8 rings (SSSR count). The lowest BCUT2D eigenvalue weighted by Crippen LogP contribution is -2.00. The van der Waals surface area contributed by atoms with Gasteiger partial charge in [-0.05, 0) is 48.5 Å². The maximum atomic E-state index is 5.75. The van der Waals surface area contributed by atoms with E-state index in [9.17, 15) is 0 Å². The second-order valence-corrected chi connectivity index (χ2v) is 9.73. The molecule has 0 saturated carbocycles. The van der Waals surface area contributed by atoms with Crippen molar-refractivity contribution in [2.24, 2.45) is 0 Å². The Morgan fingerprint density at radius 1 is 0.450 bits per heavy atom. The van der Waals surface area contributed by atoms with Crippen LogP contribution in [0.4, 0.5) is 0 Å². The van der Waals surface area contributed by atoms with Crippen molar-refractivity contribution in [1.82, 2.24) is 19.5 Å². The second kappa shape index (κ2) is 9.03. The highest BCUT2D eigenvalue weighted by atomic mass is 16.3. The van der Waals surface area contributed by atoms with Crippen LogP contribution in [0.25, 0.3) is 72.6 Å². The zero-order chi connectivity index (χ0) is 26.5. The van der Waals surface area contributed by atoms with Crippen LogP contribution in [0.2, 0.25) is 0 Å². The number of nitrogens with zero attached hydrogens (tertiary/aromatic N) is 4. The van der Waals surface area contributed by atoms with Gasteiger partial charge in [0.25, 0.3) is 0 Å². The van der Waals surface area contributed by atoms with Gasteiger partial charge in [-0.2, -0.15) is 0 Å². The van der Waals surface area contributed by atoms with Crippen LogP contribution >= 0.6 is 0 Å². The van der Waals surface area contributed by atoms with Gasteiger partial charge in [0.1, 0.15) is 5.58 Å². The summed E-state index contributed by atoms with van der Waals surface area (Å²) in [5.41, 5.74) is 7.05. The van der Waals surface area contributed by atoms with Crippen molar-refractivity contribution in [1.29, 1.82) is 0 Å². The van der Waals surface area contributed by atoms with Gasteiger partial charge in [0.05, 0.1) is 17.3 Å². The molecule has 0 saturated heterocycles. The molecule has 0 radical (unpaired) electrons. The highest BCUT2D eigenvalue weighted by molar-refractivity contribution is 6.17. The summed E-state index contributed by atoms with van der Waals surface area (Å²) in [4.78, 5) is 14.6. The van der Waals surface area contributed by atoms with Crippen molar-refractivity contribution >= 4 is 32.8 Å². The van der Waals surface area contributed by atoms with Gasteiger partial charge in [-0.3, -0.25) is 0 Å². The average molecular weight is 515 g/mol. The fraction of sp³-hybridized carbons (Fsp3) is 0. The smallest absolute Gasteiger partial charge is 0.164 e. The number of hydrogen-bond acceptors (Lipinski definition) is 4. The van der Waals surface area contributed by atoms with Crippen molar-refractivity contribution in [3.63, 3.8) is 0 Å². The van der Waals surface area contributed by atoms with E-state index in [-0.39, 0.29) is 0 Å². The third-order valence-electron chi connectivity index (χ3n) is 7.35. The molecule has 5 heteroatoms. The molecule has 0 N–H and O–H groups in total.